The summed E-state index contributed by atoms with van der Waals surface area (Å²) in [4.78, 5) is 0. The van der Waals surface area contributed by atoms with Gasteiger partial charge in [0.05, 0.1) is 12.4 Å². The van der Waals surface area contributed by atoms with Crippen molar-refractivity contribution in [1.82, 2.24) is 0 Å². The summed E-state index contributed by atoms with van der Waals surface area (Å²) in [5.74, 6) is 0.725. The van der Waals surface area contributed by atoms with Crippen LogP contribution in [-0.2, 0) is 15.8 Å². The van der Waals surface area contributed by atoms with E-state index < -0.39 is 10.0 Å². The molecule has 118 valence electrons. The Kier molecular flexibility index (Phi) is 5.08. The Morgan fingerprint density at radius 2 is 1.73 bits per heavy atom. The molecule has 22 heavy (non-hydrogen) atoms. The lowest BCUT2D eigenvalue weighted by Crippen LogP contribution is -2.15. The molecule has 0 radical (unpaired) electrons. The molecule has 1 N–H and O–H groups in total. The van der Waals surface area contributed by atoms with E-state index in [-0.39, 0.29) is 5.75 Å². The number of rotatable bonds is 6. The van der Waals surface area contributed by atoms with Gasteiger partial charge >= 0.3 is 0 Å². The first kappa shape index (κ1) is 16.4. The minimum absolute atomic E-state index is 0.0421. The highest BCUT2D eigenvalue weighted by Crippen LogP contribution is 2.23. The van der Waals surface area contributed by atoms with Crippen LogP contribution < -0.4 is 9.46 Å². The molecule has 4 nitrogen and oxygen atoms in total. The lowest BCUT2D eigenvalue weighted by Gasteiger charge is -2.11. The van der Waals surface area contributed by atoms with Gasteiger partial charge in [-0.2, -0.15) is 0 Å². The van der Waals surface area contributed by atoms with Gasteiger partial charge in [-0.25, -0.2) is 8.42 Å². The Hall–Kier alpha value is -2.01. The number of ether oxygens (including phenoxy) is 1. The van der Waals surface area contributed by atoms with E-state index in [9.17, 15) is 8.42 Å². The van der Waals surface area contributed by atoms with Crippen LogP contribution in [0.15, 0.2) is 42.5 Å². The maximum Gasteiger partial charge on any atom is 0.236 e. The highest BCUT2D eigenvalue weighted by molar-refractivity contribution is 7.91. The van der Waals surface area contributed by atoms with E-state index in [0.29, 0.717) is 12.3 Å². The summed E-state index contributed by atoms with van der Waals surface area (Å²) in [7, 11) is -3.43. The molecule has 0 saturated carbocycles. The number of anilines is 1. The fourth-order valence-corrected chi connectivity index (χ4v) is 3.34. The van der Waals surface area contributed by atoms with E-state index in [0.717, 1.165) is 22.4 Å². The summed E-state index contributed by atoms with van der Waals surface area (Å²) < 4.78 is 32.5. The van der Waals surface area contributed by atoms with Crippen LogP contribution in [0.2, 0.25) is 0 Å². The molecular formula is C17H21NO3S. The predicted molar refractivity (Wildman–Crippen MR) is 89.8 cm³/mol. The van der Waals surface area contributed by atoms with Crippen molar-refractivity contribution in [2.24, 2.45) is 0 Å². The van der Waals surface area contributed by atoms with Crippen molar-refractivity contribution >= 4 is 15.7 Å². The zero-order valence-corrected chi connectivity index (χ0v) is 13.9. The summed E-state index contributed by atoms with van der Waals surface area (Å²) in [6.07, 6.45) is 0. The SMILES string of the molecule is CCOc1ccc(NS(=O)(=O)Cc2ccc(C)cc2)cc1C. The molecule has 5 heteroatoms. The minimum Gasteiger partial charge on any atom is -0.494 e. The molecular weight excluding hydrogens is 298 g/mol. The second-order valence-corrected chi connectivity index (χ2v) is 6.98. The number of hydrogen-bond donors (Lipinski definition) is 1. The maximum atomic E-state index is 12.2. The summed E-state index contributed by atoms with van der Waals surface area (Å²) in [5.41, 5.74) is 3.32. The monoisotopic (exact) mass is 319 g/mol. The molecule has 0 fully saturated rings. The molecule has 0 aromatic heterocycles. The van der Waals surface area contributed by atoms with Crippen LogP contribution in [0.1, 0.15) is 23.6 Å². The highest BCUT2D eigenvalue weighted by Gasteiger charge is 2.12. The lowest BCUT2D eigenvalue weighted by molar-refractivity contribution is 0.338. The molecule has 2 aromatic rings. The zero-order chi connectivity index (χ0) is 16.2. The third-order valence-corrected chi connectivity index (χ3v) is 4.49. The first-order chi connectivity index (χ1) is 10.4. The van der Waals surface area contributed by atoms with Gasteiger partial charge in [0.25, 0.3) is 0 Å². The first-order valence-electron chi connectivity index (χ1n) is 7.19. The van der Waals surface area contributed by atoms with Crippen molar-refractivity contribution < 1.29 is 13.2 Å². The van der Waals surface area contributed by atoms with Gasteiger partial charge in [-0.3, -0.25) is 4.72 Å². The zero-order valence-electron chi connectivity index (χ0n) is 13.1. The fourth-order valence-electron chi connectivity index (χ4n) is 2.15. The summed E-state index contributed by atoms with van der Waals surface area (Å²) in [6, 6.07) is 12.7. The summed E-state index contributed by atoms with van der Waals surface area (Å²) in [5, 5.41) is 0. The van der Waals surface area contributed by atoms with Crippen molar-refractivity contribution in [3.8, 4) is 5.75 Å². The number of sulfonamides is 1. The van der Waals surface area contributed by atoms with Gasteiger partial charge in [0.2, 0.25) is 10.0 Å². The summed E-state index contributed by atoms with van der Waals surface area (Å²) in [6.45, 7) is 6.36. The van der Waals surface area contributed by atoms with Crippen LogP contribution in [0.4, 0.5) is 5.69 Å². The molecule has 0 bridgehead atoms. The van der Waals surface area contributed by atoms with Crippen molar-refractivity contribution in [2.45, 2.75) is 26.5 Å². The molecule has 0 heterocycles. The van der Waals surface area contributed by atoms with Gasteiger partial charge in [0.15, 0.2) is 0 Å². The standard InChI is InChI=1S/C17H21NO3S/c1-4-21-17-10-9-16(11-14(17)3)18-22(19,20)12-15-7-5-13(2)6-8-15/h5-11,18H,4,12H2,1-3H3. The molecule has 0 aliphatic carbocycles. The first-order valence-corrected chi connectivity index (χ1v) is 8.84. The van der Waals surface area contributed by atoms with Gasteiger partial charge in [-0.05, 0) is 50.1 Å². The van der Waals surface area contributed by atoms with E-state index in [2.05, 4.69) is 4.72 Å². The fraction of sp³-hybridized carbons (Fsp3) is 0.294. The van der Waals surface area contributed by atoms with Crippen molar-refractivity contribution in [3.05, 3.63) is 59.2 Å². The van der Waals surface area contributed by atoms with Gasteiger partial charge in [-0.1, -0.05) is 29.8 Å². The van der Waals surface area contributed by atoms with E-state index in [4.69, 9.17) is 4.74 Å². The van der Waals surface area contributed by atoms with Crippen LogP contribution in [0.3, 0.4) is 0 Å². The van der Waals surface area contributed by atoms with Crippen LogP contribution in [0.5, 0.6) is 5.75 Å². The Bertz CT molecular complexity index is 737. The van der Waals surface area contributed by atoms with Crippen molar-refractivity contribution in [2.75, 3.05) is 11.3 Å². The molecule has 0 amide bonds. The van der Waals surface area contributed by atoms with E-state index in [1.807, 2.05) is 45.0 Å². The number of hydrogen-bond acceptors (Lipinski definition) is 3. The van der Waals surface area contributed by atoms with Crippen LogP contribution in [0, 0.1) is 13.8 Å². The molecule has 0 saturated heterocycles. The normalized spacial score (nSPS) is 11.2. The van der Waals surface area contributed by atoms with Crippen LogP contribution >= 0.6 is 0 Å². The van der Waals surface area contributed by atoms with E-state index in [1.54, 1.807) is 18.2 Å². The Morgan fingerprint density at radius 1 is 1.05 bits per heavy atom. The molecule has 0 unspecified atom stereocenters. The average Bonchev–Trinajstić information content (AvgIpc) is 2.44. The molecule has 2 aromatic carbocycles. The third kappa shape index (κ3) is 4.49. The van der Waals surface area contributed by atoms with Gasteiger partial charge in [0, 0.05) is 5.69 Å². The molecule has 0 spiro atoms. The van der Waals surface area contributed by atoms with E-state index in [1.165, 1.54) is 0 Å². The third-order valence-electron chi connectivity index (χ3n) is 3.23. The molecule has 2 rings (SSSR count). The second-order valence-electron chi connectivity index (χ2n) is 5.26. The van der Waals surface area contributed by atoms with E-state index >= 15 is 0 Å². The lowest BCUT2D eigenvalue weighted by atomic mass is 10.2. The largest absolute Gasteiger partial charge is 0.494 e. The Labute approximate surface area is 132 Å². The minimum atomic E-state index is -3.43. The number of aryl methyl sites for hydroxylation is 2. The molecule has 0 aliphatic rings. The van der Waals surface area contributed by atoms with Crippen LogP contribution in [-0.4, -0.2) is 15.0 Å². The van der Waals surface area contributed by atoms with Crippen molar-refractivity contribution in [1.29, 1.82) is 0 Å². The van der Waals surface area contributed by atoms with Crippen LogP contribution in [0.25, 0.3) is 0 Å². The number of nitrogens with one attached hydrogen (secondary N) is 1. The smallest absolute Gasteiger partial charge is 0.236 e. The summed E-state index contributed by atoms with van der Waals surface area (Å²) >= 11 is 0. The number of benzene rings is 2. The average molecular weight is 319 g/mol. The van der Waals surface area contributed by atoms with Gasteiger partial charge in [-0.15, -0.1) is 0 Å². The quantitative estimate of drug-likeness (QED) is 0.884. The predicted octanol–water partition coefficient (Wildman–Crippen LogP) is 3.64. The second kappa shape index (κ2) is 6.83. The Morgan fingerprint density at radius 3 is 2.32 bits per heavy atom. The van der Waals surface area contributed by atoms with Crippen molar-refractivity contribution in [3.63, 3.8) is 0 Å². The highest BCUT2D eigenvalue weighted by atomic mass is 32.2. The topological polar surface area (TPSA) is 55.4 Å². The molecule has 0 atom stereocenters. The van der Waals surface area contributed by atoms with Gasteiger partial charge in [0.1, 0.15) is 5.75 Å². The maximum absolute atomic E-state index is 12.2. The Balaban J connectivity index is 2.11. The van der Waals surface area contributed by atoms with Gasteiger partial charge < -0.3 is 4.74 Å². The molecule has 0 aliphatic heterocycles.